The smallest absolute Gasteiger partial charge is 0.143 e. The lowest BCUT2D eigenvalue weighted by Gasteiger charge is -2.15. The molecule has 2 nitrogen and oxygen atoms in total. The Bertz CT molecular complexity index is 439. The van der Waals surface area contributed by atoms with E-state index in [2.05, 4.69) is 0 Å². The molecule has 4 heteroatoms. The molecule has 2 rings (SSSR count). The van der Waals surface area contributed by atoms with Gasteiger partial charge in [0.25, 0.3) is 0 Å². The number of ketones is 1. The third-order valence-corrected chi connectivity index (χ3v) is 4.16. The van der Waals surface area contributed by atoms with Gasteiger partial charge in [0.2, 0.25) is 0 Å². The summed E-state index contributed by atoms with van der Waals surface area (Å²) >= 11 is 12.2. The molecule has 0 radical (unpaired) electrons. The molecule has 0 spiro atoms. The van der Waals surface area contributed by atoms with Gasteiger partial charge in [0, 0.05) is 6.42 Å². The van der Waals surface area contributed by atoms with Gasteiger partial charge in [0.15, 0.2) is 0 Å². The second kappa shape index (κ2) is 4.18. The molecule has 0 N–H and O–H groups in total. The molecule has 1 aliphatic carbocycles. The van der Waals surface area contributed by atoms with E-state index in [0.29, 0.717) is 13.0 Å². The van der Waals surface area contributed by atoms with Gasteiger partial charge in [-0.1, -0.05) is 12.1 Å². The number of Topliss-reactive ketones (excluding diaryl/α,β-unsaturated/α-hetero) is 1. The van der Waals surface area contributed by atoms with Gasteiger partial charge in [-0.25, -0.2) is 0 Å². The molecule has 1 atom stereocenters. The van der Waals surface area contributed by atoms with E-state index < -0.39 is 9.75 Å². The van der Waals surface area contributed by atoms with Gasteiger partial charge in [-0.15, -0.1) is 23.2 Å². The van der Waals surface area contributed by atoms with E-state index in [1.807, 2.05) is 31.2 Å². The minimum absolute atomic E-state index is 0.00617. The van der Waals surface area contributed by atoms with Crippen LogP contribution in [-0.2, 0) is 10.2 Å². The first-order valence-electron chi connectivity index (χ1n) is 5.56. The van der Waals surface area contributed by atoms with Crippen molar-refractivity contribution in [2.45, 2.75) is 30.0 Å². The molecule has 1 aromatic carbocycles. The van der Waals surface area contributed by atoms with Crippen molar-refractivity contribution < 1.29 is 9.53 Å². The molecule has 1 saturated carbocycles. The van der Waals surface area contributed by atoms with Crippen LogP contribution in [0.3, 0.4) is 0 Å². The maximum atomic E-state index is 11.8. The van der Waals surface area contributed by atoms with Crippen molar-refractivity contribution in [1.29, 1.82) is 0 Å². The Kier molecular flexibility index (Phi) is 3.13. The lowest BCUT2D eigenvalue weighted by atomic mass is 9.92. The fourth-order valence-electron chi connectivity index (χ4n) is 2.19. The van der Waals surface area contributed by atoms with Crippen molar-refractivity contribution in [3.8, 4) is 5.75 Å². The fraction of sp³-hybridized carbons (Fsp3) is 0.462. The Morgan fingerprint density at radius 1 is 1.35 bits per heavy atom. The maximum Gasteiger partial charge on any atom is 0.143 e. The molecular formula is C13H14Cl2O2. The van der Waals surface area contributed by atoms with E-state index in [0.717, 1.165) is 11.3 Å². The van der Waals surface area contributed by atoms with E-state index >= 15 is 0 Å². The second-order valence-electron chi connectivity index (χ2n) is 4.30. The van der Waals surface area contributed by atoms with Crippen LogP contribution in [0.15, 0.2) is 24.3 Å². The summed E-state index contributed by atoms with van der Waals surface area (Å²) in [7, 11) is 0. The van der Waals surface area contributed by atoms with E-state index in [4.69, 9.17) is 27.9 Å². The Morgan fingerprint density at radius 3 is 2.24 bits per heavy atom. The predicted octanol–water partition coefficient (Wildman–Crippen LogP) is 3.49. The van der Waals surface area contributed by atoms with Crippen LogP contribution in [0.5, 0.6) is 5.75 Å². The highest BCUT2D eigenvalue weighted by Crippen LogP contribution is 2.65. The molecule has 1 aliphatic rings. The number of hydrogen-bond donors (Lipinski definition) is 0. The molecule has 92 valence electrons. The van der Waals surface area contributed by atoms with Crippen molar-refractivity contribution in [2.24, 2.45) is 0 Å². The van der Waals surface area contributed by atoms with E-state index in [-0.39, 0.29) is 5.78 Å². The Hall–Kier alpha value is -0.730. The number of ether oxygens (including phenoxy) is 1. The van der Waals surface area contributed by atoms with Gasteiger partial charge >= 0.3 is 0 Å². The number of benzene rings is 1. The van der Waals surface area contributed by atoms with Gasteiger partial charge in [0.05, 0.1) is 12.0 Å². The molecule has 1 aromatic rings. The Morgan fingerprint density at radius 2 is 1.88 bits per heavy atom. The highest BCUT2D eigenvalue weighted by Gasteiger charge is 2.70. The van der Waals surface area contributed by atoms with Gasteiger partial charge in [0.1, 0.15) is 15.9 Å². The first-order chi connectivity index (χ1) is 7.94. The maximum absolute atomic E-state index is 11.8. The fourth-order valence-corrected chi connectivity index (χ4v) is 3.07. The van der Waals surface area contributed by atoms with Crippen LogP contribution in [0.25, 0.3) is 0 Å². The zero-order chi connectivity index (χ0) is 12.7. The van der Waals surface area contributed by atoms with Crippen molar-refractivity contribution in [1.82, 2.24) is 0 Å². The topological polar surface area (TPSA) is 26.3 Å². The monoisotopic (exact) mass is 272 g/mol. The van der Waals surface area contributed by atoms with Crippen LogP contribution in [-0.4, -0.2) is 16.7 Å². The number of hydrogen-bond acceptors (Lipinski definition) is 2. The summed E-state index contributed by atoms with van der Waals surface area (Å²) in [5.74, 6) is 0.789. The standard InChI is InChI=1S/C13H14Cl2O2/c1-3-17-11-6-4-10(5-7-11)12(9(2)16)8-13(12,14)15/h4-7H,3,8H2,1-2H3. The summed E-state index contributed by atoms with van der Waals surface area (Å²) in [5, 5.41) is 0. The van der Waals surface area contributed by atoms with Crippen LogP contribution in [0.2, 0.25) is 0 Å². The minimum Gasteiger partial charge on any atom is -0.494 e. The first kappa shape index (κ1) is 12.7. The van der Waals surface area contributed by atoms with E-state index in [1.165, 1.54) is 6.92 Å². The molecule has 0 aromatic heterocycles. The number of rotatable bonds is 4. The molecule has 0 bridgehead atoms. The number of alkyl halides is 2. The van der Waals surface area contributed by atoms with E-state index in [1.54, 1.807) is 0 Å². The molecule has 0 saturated heterocycles. The van der Waals surface area contributed by atoms with Crippen LogP contribution < -0.4 is 4.74 Å². The molecule has 1 fully saturated rings. The molecule has 1 unspecified atom stereocenters. The first-order valence-corrected chi connectivity index (χ1v) is 6.32. The quantitative estimate of drug-likeness (QED) is 0.785. The highest BCUT2D eigenvalue weighted by atomic mass is 35.5. The zero-order valence-corrected chi connectivity index (χ0v) is 11.3. The Balaban J connectivity index is 2.31. The second-order valence-corrected chi connectivity index (χ2v) is 5.78. The number of halogens is 2. The minimum atomic E-state index is -0.966. The van der Waals surface area contributed by atoms with Crippen molar-refractivity contribution in [3.63, 3.8) is 0 Å². The van der Waals surface area contributed by atoms with Gasteiger partial charge in [-0.3, -0.25) is 4.79 Å². The molecule has 0 amide bonds. The molecule has 0 aliphatic heterocycles. The summed E-state index contributed by atoms with van der Waals surface area (Å²) in [5.41, 5.74) is 0.124. The normalized spacial score (nSPS) is 25.4. The lowest BCUT2D eigenvalue weighted by Crippen LogP contribution is -2.23. The van der Waals surface area contributed by atoms with Gasteiger partial charge in [-0.2, -0.15) is 0 Å². The number of carbonyl (C=O) groups excluding carboxylic acids is 1. The number of carbonyl (C=O) groups is 1. The average molecular weight is 273 g/mol. The predicted molar refractivity (Wildman–Crippen MR) is 69.0 cm³/mol. The zero-order valence-electron chi connectivity index (χ0n) is 9.80. The largest absolute Gasteiger partial charge is 0.494 e. The third-order valence-electron chi connectivity index (χ3n) is 3.25. The summed E-state index contributed by atoms with van der Waals surface area (Å²) in [6, 6.07) is 7.40. The summed E-state index contributed by atoms with van der Waals surface area (Å²) in [4.78, 5) is 11.8. The van der Waals surface area contributed by atoms with Gasteiger partial charge < -0.3 is 4.74 Å². The average Bonchev–Trinajstić information content (AvgIpc) is 2.85. The summed E-state index contributed by atoms with van der Waals surface area (Å²) in [6.07, 6.45) is 0.479. The molecular weight excluding hydrogens is 259 g/mol. The molecule has 0 heterocycles. The van der Waals surface area contributed by atoms with Crippen molar-refractivity contribution in [2.75, 3.05) is 6.61 Å². The van der Waals surface area contributed by atoms with Crippen LogP contribution in [0, 0.1) is 0 Å². The summed E-state index contributed by atoms with van der Waals surface area (Å²) in [6.45, 7) is 4.07. The SMILES string of the molecule is CCOc1ccc(C2(C(C)=O)CC2(Cl)Cl)cc1. The third kappa shape index (κ3) is 1.94. The van der Waals surface area contributed by atoms with Crippen LogP contribution >= 0.6 is 23.2 Å². The molecule has 17 heavy (non-hydrogen) atoms. The van der Waals surface area contributed by atoms with Crippen LogP contribution in [0.1, 0.15) is 25.8 Å². The van der Waals surface area contributed by atoms with Crippen LogP contribution in [0.4, 0.5) is 0 Å². The Labute approximate surface area is 111 Å². The summed E-state index contributed by atoms with van der Waals surface area (Å²) < 4.78 is 4.39. The van der Waals surface area contributed by atoms with Crippen molar-refractivity contribution >= 4 is 29.0 Å². The lowest BCUT2D eigenvalue weighted by molar-refractivity contribution is -0.119. The van der Waals surface area contributed by atoms with Crippen molar-refractivity contribution in [3.05, 3.63) is 29.8 Å². The highest BCUT2D eigenvalue weighted by molar-refractivity contribution is 6.54. The van der Waals surface area contributed by atoms with E-state index in [9.17, 15) is 4.79 Å². The van der Waals surface area contributed by atoms with Gasteiger partial charge in [-0.05, 0) is 31.5 Å².